The van der Waals surface area contributed by atoms with Crippen molar-refractivity contribution in [3.05, 3.63) is 64.8 Å². The Bertz CT molecular complexity index is 1680. The third-order valence-corrected chi connectivity index (χ3v) is 6.70. The first-order chi connectivity index (χ1) is 18.7. The second kappa shape index (κ2) is 11.0. The predicted molar refractivity (Wildman–Crippen MR) is 139 cm³/mol. The number of rotatable bonds is 8. The molecule has 0 spiro atoms. The van der Waals surface area contributed by atoms with Crippen LogP contribution in [0.3, 0.4) is 0 Å². The van der Waals surface area contributed by atoms with Crippen molar-refractivity contribution in [3.63, 3.8) is 0 Å². The van der Waals surface area contributed by atoms with E-state index < -0.39 is 31.0 Å². The highest BCUT2D eigenvalue weighted by Gasteiger charge is 2.22. The van der Waals surface area contributed by atoms with Crippen molar-refractivity contribution in [2.24, 2.45) is 0 Å². The first kappa shape index (κ1) is 26.6. The maximum absolute atomic E-state index is 13.5. The Morgan fingerprint density at radius 2 is 1.92 bits per heavy atom. The van der Waals surface area contributed by atoms with Crippen LogP contribution in [-0.4, -0.2) is 49.2 Å². The fourth-order valence-corrected chi connectivity index (χ4v) is 4.94. The van der Waals surface area contributed by atoms with Crippen molar-refractivity contribution >= 4 is 48.8 Å². The Morgan fingerprint density at radius 1 is 1.10 bits per heavy atom. The highest BCUT2D eigenvalue weighted by molar-refractivity contribution is 9.10. The zero-order valence-corrected chi connectivity index (χ0v) is 22.2. The highest BCUT2D eigenvalue weighted by atomic mass is 79.9. The Morgan fingerprint density at radius 3 is 2.67 bits per heavy atom. The standard InChI is InChI=1S/C24H16BrF4N7O2S/c1-38-17-8-30-16(20(28)29)7-14(17)13-6-11(15-4-5-36(35-15)10-19(26)27)2-3-12(13)22(37)34-24-33-21-23(39-24)32-18(25)9-31-21/h2-9,19-20H,10H2,1H3,(H,31,33,34,37). The van der Waals surface area contributed by atoms with Crippen LogP contribution in [0.2, 0.25) is 0 Å². The van der Waals surface area contributed by atoms with Crippen LogP contribution in [0.25, 0.3) is 32.9 Å². The molecule has 0 radical (unpaired) electrons. The summed E-state index contributed by atoms with van der Waals surface area (Å²) in [5.41, 5.74) is 1.15. The summed E-state index contributed by atoms with van der Waals surface area (Å²) in [7, 11) is 1.34. The van der Waals surface area contributed by atoms with Crippen LogP contribution in [0.5, 0.6) is 5.75 Å². The molecule has 9 nitrogen and oxygen atoms in total. The Kier molecular flexibility index (Phi) is 7.52. The lowest BCUT2D eigenvalue weighted by atomic mass is 9.95. The topological polar surface area (TPSA) is 108 Å². The molecule has 1 amide bonds. The van der Waals surface area contributed by atoms with Crippen molar-refractivity contribution in [1.29, 1.82) is 0 Å². The van der Waals surface area contributed by atoms with Crippen molar-refractivity contribution in [3.8, 4) is 28.1 Å². The average Bonchev–Trinajstić information content (AvgIpc) is 3.53. The largest absolute Gasteiger partial charge is 0.494 e. The zero-order chi connectivity index (χ0) is 27.7. The fraction of sp³-hybridized carbons (Fsp3) is 0.167. The van der Waals surface area contributed by atoms with Crippen LogP contribution in [-0.2, 0) is 6.54 Å². The number of alkyl halides is 4. The zero-order valence-electron chi connectivity index (χ0n) is 19.8. The minimum Gasteiger partial charge on any atom is -0.494 e. The van der Waals surface area contributed by atoms with Gasteiger partial charge in [-0.3, -0.25) is 19.8 Å². The quantitative estimate of drug-likeness (QED) is 0.204. The number of hydrogen-bond acceptors (Lipinski definition) is 8. The number of nitrogens with one attached hydrogen (secondary N) is 1. The molecular weight excluding hydrogens is 606 g/mol. The number of fused-ring (bicyclic) bond motifs is 1. The lowest BCUT2D eigenvalue weighted by molar-refractivity contribution is 0.102. The third-order valence-electron chi connectivity index (χ3n) is 5.46. The average molecular weight is 622 g/mol. The van der Waals surface area contributed by atoms with Crippen molar-refractivity contribution in [2.75, 3.05) is 12.4 Å². The first-order valence-corrected chi connectivity index (χ1v) is 12.7. The van der Waals surface area contributed by atoms with Crippen LogP contribution >= 0.6 is 27.3 Å². The number of methoxy groups -OCH3 is 1. The summed E-state index contributed by atoms with van der Waals surface area (Å²) in [6, 6.07) is 7.28. The highest BCUT2D eigenvalue weighted by Crippen LogP contribution is 2.37. The fourth-order valence-electron chi connectivity index (χ4n) is 3.75. The number of ether oxygens (including phenoxy) is 1. The van der Waals surface area contributed by atoms with Crippen LogP contribution < -0.4 is 10.1 Å². The molecule has 200 valence electrons. The molecule has 5 aromatic rings. The molecule has 5 rings (SSSR count). The number of nitrogens with zero attached hydrogens (tertiary/aromatic N) is 6. The van der Waals surface area contributed by atoms with E-state index in [0.29, 0.717) is 26.3 Å². The maximum Gasteiger partial charge on any atom is 0.280 e. The molecule has 0 atom stereocenters. The molecular formula is C24H16BrF4N7O2S. The number of anilines is 1. The van der Waals surface area contributed by atoms with Crippen LogP contribution in [0.15, 0.2) is 53.5 Å². The number of halogens is 5. The van der Waals surface area contributed by atoms with Gasteiger partial charge in [-0.25, -0.2) is 27.5 Å². The number of thiazole rings is 1. The molecule has 0 aliphatic carbocycles. The van der Waals surface area contributed by atoms with Crippen molar-refractivity contribution < 1.29 is 27.1 Å². The summed E-state index contributed by atoms with van der Waals surface area (Å²) in [6.07, 6.45) is -1.45. The van der Waals surface area contributed by atoms with Crippen LogP contribution in [0.1, 0.15) is 22.5 Å². The molecule has 4 heterocycles. The molecule has 0 fully saturated rings. The monoisotopic (exact) mass is 621 g/mol. The molecule has 0 unspecified atom stereocenters. The lowest BCUT2D eigenvalue weighted by Gasteiger charge is -2.15. The van der Waals surface area contributed by atoms with Gasteiger partial charge in [0.05, 0.1) is 25.2 Å². The molecule has 0 saturated carbocycles. The van der Waals surface area contributed by atoms with Gasteiger partial charge < -0.3 is 4.74 Å². The van der Waals surface area contributed by atoms with Gasteiger partial charge >= 0.3 is 0 Å². The second-order valence-electron chi connectivity index (χ2n) is 7.98. The number of pyridine rings is 1. The number of hydrogen-bond donors (Lipinski definition) is 1. The van der Waals surface area contributed by atoms with E-state index >= 15 is 0 Å². The Balaban J connectivity index is 1.60. The molecule has 1 N–H and O–H groups in total. The molecule has 39 heavy (non-hydrogen) atoms. The predicted octanol–water partition coefficient (Wildman–Crippen LogP) is 6.24. The van der Waals surface area contributed by atoms with Gasteiger partial charge in [-0.05, 0) is 45.8 Å². The Labute approximate surface area is 230 Å². The van der Waals surface area contributed by atoms with E-state index in [0.717, 1.165) is 28.3 Å². The SMILES string of the molecule is COc1cnc(C(F)F)cc1-c1cc(-c2ccn(CC(F)F)n2)ccc1C(=O)Nc1nc2ncc(Br)nc2s1. The van der Waals surface area contributed by atoms with Crippen molar-refractivity contribution in [1.82, 2.24) is 29.7 Å². The van der Waals surface area contributed by atoms with Gasteiger partial charge in [0.2, 0.25) is 0 Å². The molecule has 0 bridgehead atoms. The lowest BCUT2D eigenvalue weighted by Crippen LogP contribution is -2.13. The number of amides is 1. The van der Waals surface area contributed by atoms with E-state index in [1.165, 1.54) is 31.6 Å². The van der Waals surface area contributed by atoms with Gasteiger partial charge in [0.1, 0.15) is 22.6 Å². The van der Waals surface area contributed by atoms with E-state index in [-0.39, 0.29) is 27.6 Å². The van der Waals surface area contributed by atoms with Crippen LogP contribution in [0.4, 0.5) is 22.7 Å². The van der Waals surface area contributed by atoms with E-state index in [4.69, 9.17) is 4.74 Å². The van der Waals surface area contributed by atoms with Gasteiger partial charge in [-0.2, -0.15) is 10.1 Å². The molecule has 1 aromatic carbocycles. The molecule has 0 aliphatic rings. The van der Waals surface area contributed by atoms with E-state index in [1.54, 1.807) is 12.1 Å². The summed E-state index contributed by atoms with van der Waals surface area (Å²) < 4.78 is 59.7. The molecule has 0 saturated heterocycles. The van der Waals surface area contributed by atoms with E-state index in [9.17, 15) is 22.4 Å². The first-order valence-electron chi connectivity index (χ1n) is 11.1. The smallest absolute Gasteiger partial charge is 0.280 e. The summed E-state index contributed by atoms with van der Waals surface area (Å²) in [4.78, 5) is 30.3. The number of carbonyl (C=O) groups is 1. The van der Waals surface area contributed by atoms with E-state index in [1.807, 2.05) is 0 Å². The number of aromatic nitrogens is 6. The van der Waals surface area contributed by atoms with Gasteiger partial charge in [-0.1, -0.05) is 17.4 Å². The van der Waals surface area contributed by atoms with Gasteiger partial charge in [-0.15, -0.1) is 0 Å². The number of carbonyl (C=O) groups excluding carboxylic acids is 1. The van der Waals surface area contributed by atoms with Gasteiger partial charge in [0.15, 0.2) is 15.6 Å². The minimum absolute atomic E-state index is 0.108. The van der Waals surface area contributed by atoms with E-state index in [2.05, 4.69) is 46.3 Å². The number of benzene rings is 1. The Hall–Kier alpha value is -3.98. The molecule has 15 heteroatoms. The summed E-state index contributed by atoms with van der Waals surface area (Å²) >= 11 is 4.34. The molecule has 4 aromatic heterocycles. The summed E-state index contributed by atoms with van der Waals surface area (Å²) in [5, 5.41) is 7.09. The molecule has 0 aliphatic heterocycles. The minimum atomic E-state index is -2.87. The summed E-state index contributed by atoms with van der Waals surface area (Å²) in [6.45, 7) is -0.592. The maximum atomic E-state index is 13.5. The van der Waals surface area contributed by atoms with Crippen LogP contribution in [0, 0.1) is 0 Å². The van der Waals surface area contributed by atoms with Gasteiger partial charge in [0, 0.05) is 22.9 Å². The summed E-state index contributed by atoms with van der Waals surface area (Å²) in [5.74, 6) is -0.442. The van der Waals surface area contributed by atoms with Gasteiger partial charge in [0.25, 0.3) is 18.8 Å². The van der Waals surface area contributed by atoms with Crippen molar-refractivity contribution in [2.45, 2.75) is 19.4 Å². The normalized spacial score (nSPS) is 11.5. The second-order valence-corrected chi connectivity index (χ2v) is 9.77. The third kappa shape index (κ3) is 5.73.